The number of anilines is 1. The number of nitrogens with two attached hydrogens (primary N) is 1. The van der Waals surface area contributed by atoms with Crippen molar-refractivity contribution in [2.45, 2.75) is 42.3 Å². The maximum absolute atomic E-state index is 12.1. The zero-order valence-corrected chi connectivity index (χ0v) is 14.9. The molecule has 1 heterocycles. The van der Waals surface area contributed by atoms with Gasteiger partial charge < -0.3 is 5.73 Å². The first-order valence-corrected chi connectivity index (χ1v) is 9.55. The second-order valence-corrected chi connectivity index (χ2v) is 7.73. The number of carbonyl (C=O) groups is 2. The molecule has 1 saturated carbocycles. The molecule has 0 bridgehead atoms. The number of benzene rings is 1. The van der Waals surface area contributed by atoms with Crippen molar-refractivity contribution in [1.29, 1.82) is 0 Å². The predicted octanol–water partition coefficient (Wildman–Crippen LogP) is 2.83. The fourth-order valence-corrected chi connectivity index (χ4v) is 4.12. The fourth-order valence-electron chi connectivity index (χ4n) is 2.24. The Morgan fingerprint density at radius 1 is 1.29 bits per heavy atom. The minimum atomic E-state index is -0.427. The first-order valence-electron chi connectivity index (χ1n) is 7.75. The molecule has 0 saturated heterocycles. The molecule has 6 nitrogen and oxygen atoms in total. The van der Waals surface area contributed by atoms with Gasteiger partial charge in [0, 0.05) is 23.8 Å². The average Bonchev–Trinajstić information content (AvgIpc) is 3.31. The number of rotatable bonds is 7. The van der Waals surface area contributed by atoms with Gasteiger partial charge in [0.1, 0.15) is 0 Å². The quantitative estimate of drug-likeness (QED) is 0.604. The summed E-state index contributed by atoms with van der Waals surface area (Å²) >= 11 is 3.02. The molecule has 1 aliphatic rings. The second kappa shape index (κ2) is 7.31. The minimum absolute atomic E-state index is 0.104. The molecule has 0 atom stereocenters. The van der Waals surface area contributed by atoms with Crippen LogP contribution < -0.4 is 10.6 Å². The second-order valence-electron chi connectivity index (χ2n) is 5.55. The Bertz CT molecular complexity index is 741. The summed E-state index contributed by atoms with van der Waals surface area (Å²) in [5, 5.41) is 9.07. The minimum Gasteiger partial charge on any atom is -0.366 e. The van der Waals surface area contributed by atoms with Crippen molar-refractivity contribution in [1.82, 2.24) is 10.2 Å². The van der Waals surface area contributed by atoms with Crippen molar-refractivity contribution in [3.63, 3.8) is 0 Å². The molecule has 1 aliphatic carbocycles. The SMILES string of the molecule is CCC(=O)N(c1nnc(SCc2ccc(C(N)=O)cc2)s1)C1CC1. The van der Waals surface area contributed by atoms with Gasteiger partial charge in [-0.3, -0.25) is 14.5 Å². The van der Waals surface area contributed by atoms with Crippen LogP contribution in [0.3, 0.4) is 0 Å². The monoisotopic (exact) mass is 362 g/mol. The molecule has 2 aromatic rings. The predicted molar refractivity (Wildman–Crippen MR) is 95.2 cm³/mol. The molecule has 1 fully saturated rings. The van der Waals surface area contributed by atoms with Gasteiger partial charge in [-0.2, -0.15) is 0 Å². The number of aromatic nitrogens is 2. The maximum Gasteiger partial charge on any atom is 0.248 e. The van der Waals surface area contributed by atoms with Crippen LogP contribution in [0.4, 0.5) is 5.13 Å². The lowest BCUT2D eigenvalue weighted by Gasteiger charge is -2.17. The third-order valence-corrected chi connectivity index (χ3v) is 5.81. The zero-order chi connectivity index (χ0) is 17.1. The molecule has 0 unspecified atom stereocenters. The highest BCUT2D eigenvalue weighted by Crippen LogP contribution is 2.36. The molecule has 126 valence electrons. The smallest absolute Gasteiger partial charge is 0.248 e. The Balaban J connectivity index is 1.63. The molecular formula is C16H18N4O2S2. The summed E-state index contributed by atoms with van der Waals surface area (Å²) in [7, 11) is 0. The van der Waals surface area contributed by atoms with E-state index in [1.165, 1.54) is 11.3 Å². The van der Waals surface area contributed by atoms with Crippen LogP contribution in [0.25, 0.3) is 0 Å². The number of nitrogens with zero attached hydrogens (tertiary/aromatic N) is 3. The molecule has 8 heteroatoms. The third-order valence-electron chi connectivity index (χ3n) is 3.69. The highest BCUT2D eigenvalue weighted by molar-refractivity contribution is 8.00. The van der Waals surface area contributed by atoms with Gasteiger partial charge in [-0.25, -0.2) is 0 Å². The van der Waals surface area contributed by atoms with Crippen LogP contribution in [0.15, 0.2) is 28.6 Å². The van der Waals surface area contributed by atoms with E-state index < -0.39 is 5.91 Å². The molecule has 0 aliphatic heterocycles. The molecular weight excluding hydrogens is 344 g/mol. The van der Waals surface area contributed by atoms with Crippen LogP contribution in [0.5, 0.6) is 0 Å². The van der Waals surface area contributed by atoms with E-state index in [0.29, 0.717) is 23.2 Å². The van der Waals surface area contributed by atoms with Gasteiger partial charge in [0.25, 0.3) is 0 Å². The van der Waals surface area contributed by atoms with Crippen molar-refractivity contribution in [2.24, 2.45) is 5.73 Å². The molecule has 24 heavy (non-hydrogen) atoms. The van der Waals surface area contributed by atoms with E-state index in [9.17, 15) is 9.59 Å². The van der Waals surface area contributed by atoms with Gasteiger partial charge in [0.2, 0.25) is 16.9 Å². The average molecular weight is 362 g/mol. The zero-order valence-electron chi connectivity index (χ0n) is 13.3. The van der Waals surface area contributed by atoms with Gasteiger partial charge in [0.05, 0.1) is 0 Å². The molecule has 2 amide bonds. The highest BCUT2D eigenvalue weighted by Gasteiger charge is 2.35. The summed E-state index contributed by atoms with van der Waals surface area (Å²) in [6.07, 6.45) is 2.56. The molecule has 1 aromatic heterocycles. The summed E-state index contributed by atoms with van der Waals surface area (Å²) in [4.78, 5) is 25.0. The molecule has 0 spiro atoms. The summed E-state index contributed by atoms with van der Waals surface area (Å²) in [5.74, 6) is 0.398. The first kappa shape index (κ1) is 16.9. The maximum atomic E-state index is 12.1. The number of carbonyl (C=O) groups excluding carboxylic acids is 2. The van der Waals surface area contributed by atoms with Gasteiger partial charge in [0.15, 0.2) is 4.34 Å². The highest BCUT2D eigenvalue weighted by atomic mass is 32.2. The largest absolute Gasteiger partial charge is 0.366 e. The molecule has 1 aromatic carbocycles. The lowest BCUT2D eigenvalue weighted by Crippen LogP contribution is -2.32. The summed E-state index contributed by atoms with van der Waals surface area (Å²) in [6, 6.07) is 7.50. The number of hydrogen-bond donors (Lipinski definition) is 1. The summed E-state index contributed by atoms with van der Waals surface area (Å²) in [5.41, 5.74) is 6.81. The van der Waals surface area contributed by atoms with E-state index in [4.69, 9.17) is 5.73 Å². The van der Waals surface area contributed by atoms with E-state index in [1.807, 2.05) is 19.1 Å². The topological polar surface area (TPSA) is 89.2 Å². The van der Waals surface area contributed by atoms with Crippen molar-refractivity contribution >= 4 is 40.0 Å². The fraction of sp³-hybridized carbons (Fsp3) is 0.375. The van der Waals surface area contributed by atoms with Crippen LogP contribution in [0.2, 0.25) is 0 Å². The van der Waals surface area contributed by atoms with Gasteiger partial charge >= 0.3 is 0 Å². The van der Waals surface area contributed by atoms with Crippen LogP contribution in [0.1, 0.15) is 42.1 Å². The van der Waals surface area contributed by atoms with Crippen molar-refractivity contribution < 1.29 is 9.59 Å². The van der Waals surface area contributed by atoms with E-state index >= 15 is 0 Å². The Labute approximate surface area is 148 Å². The number of amides is 2. The van der Waals surface area contributed by atoms with Crippen molar-refractivity contribution in [3.05, 3.63) is 35.4 Å². The third kappa shape index (κ3) is 3.93. The van der Waals surface area contributed by atoms with E-state index in [0.717, 1.165) is 28.5 Å². The van der Waals surface area contributed by atoms with Crippen LogP contribution in [0, 0.1) is 0 Å². The van der Waals surface area contributed by atoms with Crippen LogP contribution >= 0.6 is 23.1 Å². The van der Waals surface area contributed by atoms with E-state index in [-0.39, 0.29) is 5.91 Å². The van der Waals surface area contributed by atoms with Crippen molar-refractivity contribution in [3.8, 4) is 0 Å². The Morgan fingerprint density at radius 2 is 2.00 bits per heavy atom. The number of thioether (sulfide) groups is 1. The summed E-state index contributed by atoms with van der Waals surface area (Å²) in [6.45, 7) is 1.87. The Morgan fingerprint density at radius 3 is 2.58 bits per heavy atom. The number of hydrogen-bond acceptors (Lipinski definition) is 6. The van der Waals surface area contributed by atoms with Gasteiger partial charge in [-0.15, -0.1) is 10.2 Å². The molecule has 0 radical (unpaired) electrons. The van der Waals surface area contributed by atoms with Crippen molar-refractivity contribution in [2.75, 3.05) is 4.90 Å². The van der Waals surface area contributed by atoms with Gasteiger partial charge in [-0.05, 0) is 30.5 Å². The Hall–Kier alpha value is -1.93. The van der Waals surface area contributed by atoms with Gasteiger partial charge in [-0.1, -0.05) is 42.2 Å². The molecule has 3 rings (SSSR count). The normalized spacial score (nSPS) is 13.7. The Kier molecular flexibility index (Phi) is 5.15. The lowest BCUT2D eigenvalue weighted by molar-refractivity contribution is -0.118. The van der Waals surface area contributed by atoms with E-state index in [2.05, 4.69) is 10.2 Å². The molecule has 2 N–H and O–H groups in total. The number of primary amides is 1. The standard InChI is InChI=1S/C16H18N4O2S2/c1-2-13(21)20(12-7-8-12)15-18-19-16(24-15)23-9-10-3-5-11(6-4-10)14(17)22/h3-6,12H,2,7-9H2,1H3,(H2,17,22). The lowest BCUT2D eigenvalue weighted by atomic mass is 10.1. The van der Waals surface area contributed by atoms with Crippen LogP contribution in [-0.2, 0) is 10.5 Å². The first-order chi connectivity index (χ1) is 11.6. The summed E-state index contributed by atoms with van der Waals surface area (Å²) < 4.78 is 0.832. The van der Waals surface area contributed by atoms with Crippen LogP contribution in [-0.4, -0.2) is 28.1 Å². The van der Waals surface area contributed by atoms with E-state index in [1.54, 1.807) is 28.8 Å².